The molecule has 0 unspecified atom stereocenters. The lowest BCUT2D eigenvalue weighted by Crippen LogP contribution is -2.36. The van der Waals surface area contributed by atoms with Crippen LogP contribution in [0.4, 0.5) is 22.7 Å². The molecule has 7 rings (SSSR count). The van der Waals surface area contributed by atoms with Gasteiger partial charge >= 0.3 is 0 Å². The van der Waals surface area contributed by atoms with Gasteiger partial charge in [0.05, 0.1) is 55.2 Å². The van der Waals surface area contributed by atoms with E-state index in [4.69, 9.17) is 18.9 Å². The molecule has 1 saturated heterocycles. The molecule has 0 spiro atoms. The molecular weight excluding hydrogens is 592 g/mol. The molecule has 2 N–H and O–H groups in total. The van der Waals surface area contributed by atoms with E-state index in [1.165, 1.54) is 5.69 Å². The Hall–Kier alpha value is -5.54. The Morgan fingerprint density at radius 2 is 1.62 bits per heavy atom. The van der Waals surface area contributed by atoms with E-state index in [2.05, 4.69) is 38.7 Å². The quantitative estimate of drug-likeness (QED) is 0.169. The Labute approximate surface area is 274 Å². The molecule has 1 fully saturated rings. The molecule has 2 aliphatic rings. The van der Waals surface area contributed by atoms with Gasteiger partial charge in [0, 0.05) is 37.5 Å². The minimum absolute atomic E-state index is 0.170. The molecule has 0 radical (unpaired) electrons. The average Bonchev–Trinajstić information content (AvgIpc) is 3.26. The molecule has 0 atom stereocenters. The highest BCUT2D eigenvalue weighted by molar-refractivity contribution is 6.12. The Balaban J connectivity index is 1.03. The first-order valence-electron chi connectivity index (χ1n) is 15.7. The fourth-order valence-electron chi connectivity index (χ4n) is 5.76. The number of nitrogens with one attached hydrogen (secondary N) is 2. The number of carbonyl (C=O) groups excluding carboxylic acids is 1. The first-order valence-corrected chi connectivity index (χ1v) is 15.7. The van der Waals surface area contributed by atoms with E-state index in [0.717, 1.165) is 65.8 Å². The number of anilines is 4. The normalized spacial score (nSPS) is 13.8. The Morgan fingerprint density at radius 3 is 2.43 bits per heavy atom. The van der Waals surface area contributed by atoms with Gasteiger partial charge in [-0.2, -0.15) is 0 Å². The summed E-state index contributed by atoms with van der Waals surface area (Å²) in [5.41, 5.74) is 7.73. The number of rotatable bonds is 10. The second kappa shape index (κ2) is 13.8. The van der Waals surface area contributed by atoms with E-state index in [-0.39, 0.29) is 5.91 Å². The van der Waals surface area contributed by atoms with Gasteiger partial charge in [-0.15, -0.1) is 0 Å². The summed E-state index contributed by atoms with van der Waals surface area (Å²) < 4.78 is 23.1. The van der Waals surface area contributed by atoms with Crippen LogP contribution in [-0.4, -0.2) is 50.9 Å². The third kappa shape index (κ3) is 7.15. The third-order valence-electron chi connectivity index (χ3n) is 8.30. The molecule has 0 bridgehead atoms. The van der Waals surface area contributed by atoms with Crippen LogP contribution in [0.3, 0.4) is 0 Å². The highest BCUT2D eigenvalue weighted by Crippen LogP contribution is 2.37. The third-order valence-corrected chi connectivity index (χ3v) is 8.30. The van der Waals surface area contributed by atoms with Gasteiger partial charge < -0.3 is 34.5 Å². The number of benzene rings is 4. The molecular formula is C38H36N4O5. The Morgan fingerprint density at radius 1 is 0.766 bits per heavy atom. The molecule has 4 aromatic carbocycles. The van der Waals surface area contributed by atoms with Gasteiger partial charge in [0.15, 0.2) is 0 Å². The van der Waals surface area contributed by atoms with Crippen LogP contribution >= 0.6 is 0 Å². The predicted molar refractivity (Wildman–Crippen MR) is 183 cm³/mol. The maximum Gasteiger partial charge on any atom is 0.257 e. The van der Waals surface area contributed by atoms with Crippen LogP contribution in [0.15, 0.2) is 103 Å². The summed E-state index contributed by atoms with van der Waals surface area (Å²) in [6.45, 7) is 4.19. The van der Waals surface area contributed by atoms with E-state index in [1.54, 1.807) is 13.3 Å². The van der Waals surface area contributed by atoms with E-state index >= 15 is 0 Å². The lowest BCUT2D eigenvalue weighted by atomic mass is 10.0. The fraction of sp³-hybridized carbons (Fsp3) is 0.211. The topological polar surface area (TPSA) is 94.2 Å². The van der Waals surface area contributed by atoms with Gasteiger partial charge in [0.2, 0.25) is 0 Å². The van der Waals surface area contributed by atoms with Crippen molar-refractivity contribution in [1.29, 1.82) is 0 Å². The predicted octanol–water partition coefficient (Wildman–Crippen LogP) is 7.10. The van der Waals surface area contributed by atoms with Crippen molar-refractivity contribution in [1.82, 2.24) is 4.98 Å². The number of carbonyl (C=O) groups is 1. The zero-order valence-corrected chi connectivity index (χ0v) is 26.2. The van der Waals surface area contributed by atoms with Gasteiger partial charge in [-0.25, -0.2) is 0 Å². The van der Waals surface area contributed by atoms with Gasteiger partial charge in [-0.3, -0.25) is 9.78 Å². The minimum Gasteiger partial charge on any atom is -0.497 e. The van der Waals surface area contributed by atoms with Crippen LogP contribution in [0.2, 0.25) is 0 Å². The molecule has 238 valence electrons. The fourth-order valence-corrected chi connectivity index (χ4v) is 5.76. The number of amides is 1. The number of aromatic nitrogens is 1. The maximum absolute atomic E-state index is 13.3. The summed E-state index contributed by atoms with van der Waals surface area (Å²) in [6.07, 6.45) is 2.45. The number of pyridine rings is 1. The molecule has 9 heteroatoms. The molecule has 3 heterocycles. The molecule has 5 aromatic rings. The summed E-state index contributed by atoms with van der Waals surface area (Å²) >= 11 is 0. The van der Waals surface area contributed by atoms with E-state index < -0.39 is 0 Å². The van der Waals surface area contributed by atoms with Gasteiger partial charge in [0.1, 0.15) is 23.9 Å². The van der Waals surface area contributed by atoms with Crippen molar-refractivity contribution in [2.24, 2.45) is 0 Å². The van der Waals surface area contributed by atoms with Crippen LogP contribution < -0.4 is 29.7 Å². The molecule has 1 aromatic heterocycles. The van der Waals surface area contributed by atoms with E-state index in [1.807, 2.05) is 78.9 Å². The van der Waals surface area contributed by atoms with Crippen molar-refractivity contribution < 1.29 is 23.7 Å². The second-order valence-corrected chi connectivity index (χ2v) is 11.4. The summed E-state index contributed by atoms with van der Waals surface area (Å²) in [5.74, 6) is 2.00. The number of nitrogens with zero attached hydrogens (tertiary/aromatic N) is 2. The van der Waals surface area contributed by atoms with Gasteiger partial charge in [-0.1, -0.05) is 18.2 Å². The molecule has 0 aliphatic carbocycles. The first kappa shape index (κ1) is 30.1. The zero-order valence-electron chi connectivity index (χ0n) is 26.2. The lowest BCUT2D eigenvalue weighted by Gasteiger charge is -2.28. The van der Waals surface area contributed by atoms with Crippen LogP contribution in [0.1, 0.15) is 21.6 Å². The standard InChI is InChI=1S/C38H36N4O5/c1-44-32-21-28(22-33(24-32)47-25-29-4-2-3-14-39-29)27-6-11-34-36(23-27)40-35-12-5-26(20-37(35)41-38(34)43)13-17-46-31-9-7-30(8-10-31)42-15-18-45-19-16-42/h2-12,14,20-24,40H,13,15-19,25H2,1H3,(H,41,43). The zero-order chi connectivity index (χ0) is 32.0. The van der Waals surface area contributed by atoms with E-state index in [0.29, 0.717) is 42.4 Å². The second-order valence-electron chi connectivity index (χ2n) is 11.4. The summed E-state index contributed by atoms with van der Waals surface area (Å²) in [4.78, 5) is 20.0. The highest BCUT2D eigenvalue weighted by Gasteiger charge is 2.20. The number of fused-ring (bicyclic) bond motifs is 2. The Kier molecular flexibility index (Phi) is 8.88. The van der Waals surface area contributed by atoms with Crippen molar-refractivity contribution in [2.75, 3.05) is 55.6 Å². The summed E-state index contributed by atoms with van der Waals surface area (Å²) in [6, 6.07) is 31.5. The van der Waals surface area contributed by atoms with Crippen molar-refractivity contribution in [3.05, 3.63) is 120 Å². The smallest absolute Gasteiger partial charge is 0.257 e. The van der Waals surface area contributed by atoms with Crippen LogP contribution in [0.5, 0.6) is 17.2 Å². The van der Waals surface area contributed by atoms with Crippen molar-refractivity contribution >= 4 is 28.7 Å². The highest BCUT2D eigenvalue weighted by atomic mass is 16.5. The average molecular weight is 629 g/mol. The van der Waals surface area contributed by atoms with Crippen molar-refractivity contribution in [3.63, 3.8) is 0 Å². The number of hydrogen-bond acceptors (Lipinski definition) is 8. The summed E-state index contributed by atoms with van der Waals surface area (Å²) in [7, 11) is 1.63. The van der Waals surface area contributed by atoms with Crippen LogP contribution in [-0.2, 0) is 17.8 Å². The largest absolute Gasteiger partial charge is 0.497 e. The number of ether oxygens (including phenoxy) is 4. The van der Waals surface area contributed by atoms with Crippen molar-refractivity contribution in [3.8, 4) is 28.4 Å². The first-order chi connectivity index (χ1) is 23.1. The molecule has 47 heavy (non-hydrogen) atoms. The minimum atomic E-state index is -0.170. The molecule has 2 aliphatic heterocycles. The number of morpholine rings is 1. The number of methoxy groups -OCH3 is 1. The number of hydrogen-bond donors (Lipinski definition) is 2. The summed E-state index contributed by atoms with van der Waals surface area (Å²) in [5, 5.41) is 6.56. The SMILES string of the molecule is COc1cc(OCc2ccccn2)cc(-c2ccc3c(c2)Nc2ccc(CCOc4ccc(N5CCOCC5)cc4)cc2NC3=O)c1. The molecule has 1 amide bonds. The lowest BCUT2D eigenvalue weighted by molar-refractivity contribution is 0.102. The molecule has 9 nitrogen and oxygen atoms in total. The van der Waals surface area contributed by atoms with E-state index in [9.17, 15) is 4.79 Å². The van der Waals surface area contributed by atoms with Gasteiger partial charge in [-0.05, 0) is 89.5 Å². The van der Waals surface area contributed by atoms with Crippen molar-refractivity contribution in [2.45, 2.75) is 13.0 Å². The molecule has 0 saturated carbocycles. The van der Waals surface area contributed by atoms with Crippen LogP contribution in [0, 0.1) is 0 Å². The van der Waals surface area contributed by atoms with Gasteiger partial charge in [0.25, 0.3) is 5.91 Å². The monoisotopic (exact) mass is 628 g/mol. The van der Waals surface area contributed by atoms with Crippen LogP contribution in [0.25, 0.3) is 11.1 Å². The maximum atomic E-state index is 13.3. The Bertz CT molecular complexity index is 1860.